The third kappa shape index (κ3) is 3.65. The molecule has 1 saturated carbocycles. The highest BCUT2D eigenvalue weighted by molar-refractivity contribution is 5.95. The van der Waals surface area contributed by atoms with Gasteiger partial charge in [-0.1, -0.05) is 6.07 Å². The number of carbonyl (C=O) groups is 1. The summed E-state index contributed by atoms with van der Waals surface area (Å²) in [6, 6.07) is 4.40. The van der Waals surface area contributed by atoms with E-state index in [2.05, 4.69) is 10.6 Å². The lowest BCUT2D eigenvalue weighted by Crippen LogP contribution is -2.23. The number of nitrogens with one attached hydrogen (secondary N) is 2. The molecule has 0 bridgehead atoms. The Morgan fingerprint density at radius 2 is 2.21 bits per heavy atom. The van der Waals surface area contributed by atoms with Crippen molar-refractivity contribution in [3.63, 3.8) is 0 Å². The lowest BCUT2D eigenvalue weighted by Gasteiger charge is -2.08. The molecular formula is C12H15N3O4. The SMILES string of the molecule is O=C(CCNC1CC1)Nc1c(O)cccc1[N+](=O)[O-]. The molecule has 1 fully saturated rings. The van der Waals surface area contributed by atoms with Gasteiger partial charge in [0.15, 0.2) is 5.69 Å². The van der Waals surface area contributed by atoms with Gasteiger partial charge in [0.05, 0.1) is 4.92 Å². The van der Waals surface area contributed by atoms with Gasteiger partial charge in [-0.3, -0.25) is 14.9 Å². The summed E-state index contributed by atoms with van der Waals surface area (Å²) < 4.78 is 0. The fraction of sp³-hybridized carbons (Fsp3) is 0.417. The fourth-order valence-electron chi connectivity index (χ4n) is 1.69. The number of nitro groups is 1. The molecule has 1 aliphatic rings. The Morgan fingerprint density at radius 1 is 1.47 bits per heavy atom. The van der Waals surface area contributed by atoms with E-state index < -0.39 is 4.92 Å². The van der Waals surface area contributed by atoms with E-state index in [1.807, 2.05) is 0 Å². The van der Waals surface area contributed by atoms with Crippen LogP contribution in [0.25, 0.3) is 0 Å². The summed E-state index contributed by atoms with van der Waals surface area (Å²) >= 11 is 0. The molecule has 3 N–H and O–H groups in total. The molecule has 2 rings (SSSR count). The van der Waals surface area contributed by atoms with E-state index in [1.165, 1.54) is 18.2 Å². The number of phenolic OH excluding ortho intramolecular Hbond substituents is 1. The number of anilines is 1. The standard InChI is InChI=1S/C12H15N3O4/c16-10-3-1-2-9(15(18)19)12(10)14-11(17)6-7-13-8-4-5-8/h1-3,8,13,16H,4-7H2,(H,14,17). The number of phenols is 1. The van der Waals surface area contributed by atoms with Gasteiger partial charge in [-0.05, 0) is 18.9 Å². The van der Waals surface area contributed by atoms with Crippen molar-refractivity contribution in [1.29, 1.82) is 0 Å². The highest BCUT2D eigenvalue weighted by Crippen LogP contribution is 2.33. The number of hydrogen-bond acceptors (Lipinski definition) is 5. The molecule has 102 valence electrons. The number of rotatable bonds is 6. The van der Waals surface area contributed by atoms with Crippen LogP contribution in [0.15, 0.2) is 18.2 Å². The Hall–Kier alpha value is -2.15. The van der Waals surface area contributed by atoms with E-state index in [9.17, 15) is 20.0 Å². The summed E-state index contributed by atoms with van der Waals surface area (Å²) in [5.41, 5.74) is -0.465. The molecule has 1 aliphatic carbocycles. The maximum absolute atomic E-state index is 11.7. The first-order valence-corrected chi connectivity index (χ1v) is 6.07. The molecule has 0 heterocycles. The topological polar surface area (TPSA) is 104 Å². The molecule has 0 aromatic heterocycles. The van der Waals surface area contributed by atoms with Crippen molar-refractivity contribution in [2.75, 3.05) is 11.9 Å². The van der Waals surface area contributed by atoms with Gasteiger partial charge >= 0.3 is 0 Å². The Balaban J connectivity index is 1.96. The van der Waals surface area contributed by atoms with Gasteiger partial charge in [0.1, 0.15) is 5.75 Å². The van der Waals surface area contributed by atoms with E-state index in [0.29, 0.717) is 12.6 Å². The molecule has 1 amide bonds. The third-order valence-electron chi connectivity index (χ3n) is 2.84. The quantitative estimate of drug-likeness (QED) is 0.409. The number of aromatic hydroxyl groups is 1. The zero-order valence-corrected chi connectivity index (χ0v) is 10.3. The normalized spacial score (nSPS) is 14.1. The number of carbonyl (C=O) groups excluding carboxylic acids is 1. The fourth-order valence-corrected chi connectivity index (χ4v) is 1.69. The van der Waals surface area contributed by atoms with Gasteiger partial charge < -0.3 is 15.7 Å². The maximum Gasteiger partial charge on any atom is 0.296 e. The second kappa shape index (κ2) is 5.66. The Morgan fingerprint density at radius 3 is 2.84 bits per heavy atom. The summed E-state index contributed by atoms with van der Waals surface area (Å²) in [5, 5.41) is 25.9. The Bertz CT molecular complexity index is 500. The van der Waals surface area contributed by atoms with Crippen LogP contribution < -0.4 is 10.6 Å². The van der Waals surface area contributed by atoms with E-state index in [4.69, 9.17) is 0 Å². The minimum Gasteiger partial charge on any atom is -0.505 e. The van der Waals surface area contributed by atoms with Gasteiger partial charge in [-0.15, -0.1) is 0 Å². The van der Waals surface area contributed by atoms with Crippen LogP contribution in [-0.2, 0) is 4.79 Å². The smallest absolute Gasteiger partial charge is 0.296 e. The molecule has 1 aromatic carbocycles. The number of benzene rings is 1. The monoisotopic (exact) mass is 265 g/mol. The van der Waals surface area contributed by atoms with Crippen molar-refractivity contribution in [3.8, 4) is 5.75 Å². The Kier molecular flexibility index (Phi) is 3.96. The van der Waals surface area contributed by atoms with Crippen LogP contribution in [0.3, 0.4) is 0 Å². The first-order valence-electron chi connectivity index (χ1n) is 6.07. The number of nitro benzene ring substituents is 1. The molecule has 0 spiro atoms. The molecule has 19 heavy (non-hydrogen) atoms. The predicted molar refractivity (Wildman–Crippen MR) is 69.0 cm³/mol. The van der Waals surface area contributed by atoms with E-state index in [0.717, 1.165) is 12.8 Å². The highest BCUT2D eigenvalue weighted by Gasteiger charge is 2.21. The van der Waals surface area contributed by atoms with Gasteiger partial charge in [0.25, 0.3) is 5.69 Å². The first kappa shape index (κ1) is 13.3. The van der Waals surface area contributed by atoms with Crippen LogP contribution in [-0.4, -0.2) is 28.5 Å². The van der Waals surface area contributed by atoms with Crippen molar-refractivity contribution in [2.24, 2.45) is 0 Å². The van der Waals surface area contributed by atoms with Crippen molar-refractivity contribution in [3.05, 3.63) is 28.3 Å². The van der Waals surface area contributed by atoms with Gasteiger partial charge in [0.2, 0.25) is 5.91 Å². The summed E-state index contributed by atoms with van der Waals surface area (Å²) in [4.78, 5) is 21.8. The number of amides is 1. The Labute approximate surface area is 109 Å². The maximum atomic E-state index is 11.7. The van der Waals surface area contributed by atoms with Crippen molar-refractivity contribution >= 4 is 17.3 Å². The van der Waals surface area contributed by atoms with Crippen LogP contribution >= 0.6 is 0 Å². The molecule has 0 saturated heterocycles. The van der Waals surface area contributed by atoms with Crippen LogP contribution in [0.5, 0.6) is 5.75 Å². The molecular weight excluding hydrogens is 250 g/mol. The molecule has 0 aliphatic heterocycles. The van der Waals surface area contributed by atoms with Crippen LogP contribution in [0, 0.1) is 10.1 Å². The zero-order valence-electron chi connectivity index (χ0n) is 10.3. The minimum absolute atomic E-state index is 0.149. The molecule has 7 heteroatoms. The predicted octanol–water partition coefficient (Wildman–Crippen LogP) is 1.38. The number of hydrogen-bond donors (Lipinski definition) is 3. The lowest BCUT2D eigenvalue weighted by atomic mass is 10.2. The van der Waals surface area contributed by atoms with E-state index in [-0.39, 0.29) is 29.5 Å². The summed E-state index contributed by atoms with van der Waals surface area (Å²) in [6.45, 7) is 0.526. The summed E-state index contributed by atoms with van der Waals surface area (Å²) in [7, 11) is 0. The molecule has 7 nitrogen and oxygen atoms in total. The third-order valence-corrected chi connectivity index (χ3v) is 2.84. The largest absolute Gasteiger partial charge is 0.505 e. The van der Waals surface area contributed by atoms with E-state index in [1.54, 1.807) is 0 Å². The van der Waals surface area contributed by atoms with Crippen LogP contribution in [0.4, 0.5) is 11.4 Å². The first-order chi connectivity index (χ1) is 9.08. The van der Waals surface area contributed by atoms with Crippen LogP contribution in [0.1, 0.15) is 19.3 Å². The van der Waals surface area contributed by atoms with Crippen molar-refractivity contribution in [1.82, 2.24) is 5.32 Å². The molecule has 0 unspecified atom stereocenters. The number of nitrogens with zero attached hydrogens (tertiary/aromatic N) is 1. The van der Waals surface area contributed by atoms with Crippen molar-refractivity contribution < 1.29 is 14.8 Å². The van der Waals surface area contributed by atoms with Crippen molar-refractivity contribution in [2.45, 2.75) is 25.3 Å². The molecule has 1 aromatic rings. The summed E-state index contributed by atoms with van der Waals surface area (Å²) in [6.07, 6.45) is 2.47. The average molecular weight is 265 g/mol. The average Bonchev–Trinajstić information content (AvgIpc) is 3.15. The minimum atomic E-state index is -0.641. The van der Waals surface area contributed by atoms with Gasteiger partial charge in [-0.25, -0.2) is 0 Å². The van der Waals surface area contributed by atoms with E-state index >= 15 is 0 Å². The zero-order chi connectivity index (χ0) is 13.8. The number of para-hydroxylation sites is 1. The lowest BCUT2D eigenvalue weighted by molar-refractivity contribution is -0.384. The van der Waals surface area contributed by atoms with Gasteiger partial charge in [0, 0.05) is 25.1 Å². The second-order valence-corrected chi connectivity index (χ2v) is 4.45. The van der Waals surface area contributed by atoms with Crippen LogP contribution in [0.2, 0.25) is 0 Å². The van der Waals surface area contributed by atoms with Gasteiger partial charge in [-0.2, -0.15) is 0 Å². The second-order valence-electron chi connectivity index (χ2n) is 4.45. The highest BCUT2D eigenvalue weighted by atomic mass is 16.6. The summed E-state index contributed by atoms with van der Waals surface area (Å²) in [5.74, 6) is -0.671. The molecule has 0 atom stereocenters. The molecule has 0 radical (unpaired) electrons.